The summed E-state index contributed by atoms with van der Waals surface area (Å²) in [4.78, 5) is 0.128. The van der Waals surface area contributed by atoms with E-state index in [1.54, 1.807) is 7.05 Å². The van der Waals surface area contributed by atoms with Gasteiger partial charge in [-0.3, -0.25) is 4.68 Å². The second-order valence-corrected chi connectivity index (χ2v) is 6.35. The van der Waals surface area contributed by atoms with Crippen molar-refractivity contribution < 1.29 is 18.3 Å². The molecule has 7 nitrogen and oxygen atoms in total. The Morgan fingerprint density at radius 3 is 2.68 bits per heavy atom. The quantitative estimate of drug-likeness (QED) is 0.684. The molecule has 2 N–H and O–H groups in total. The van der Waals surface area contributed by atoms with Crippen molar-refractivity contribution in [3.8, 4) is 11.3 Å². The largest absolute Gasteiger partial charge is 0.394 e. The number of hydrogen-bond acceptors (Lipinski definition) is 5. The van der Waals surface area contributed by atoms with Gasteiger partial charge in [0.15, 0.2) is 0 Å². The van der Waals surface area contributed by atoms with Crippen molar-refractivity contribution in [3.05, 3.63) is 36.5 Å². The molecule has 0 spiro atoms. The van der Waals surface area contributed by atoms with Crippen LogP contribution in [0.15, 0.2) is 41.4 Å². The van der Waals surface area contributed by atoms with Crippen molar-refractivity contribution >= 4 is 10.0 Å². The highest BCUT2D eigenvalue weighted by atomic mass is 32.2. The molecule has 8 heteroatoms. The normalized spacial score (nSPS) is 11.7. The van der Waals surface area contributed by atoms with E-state index in [1.807, 2.05) is 30.3 Å². The molecule has 0 amide bonds. The van der Waals surface area contributed by atoms with Crippen molar-refractivity contribution in [2.45, 2.75) is 4.90 Å². The maximum Gasteiger partial charge on any atom is 0.244 e. The first-order valence-electron chi connectivity index (χ1n) is 6.82. The summed E-state index contributed by atoms with van der Waals surface area (Å²) in [7, 11) is -2.00. The Balaban J connectivity index is 2.17. The number of aliphatic hydroxyl groups excluding tert-OH is 1. The highest BCUT2D eigenvalue weighted by molar-refractivity contribution is 7.89. The Morgan fingerprint density at radius 1 is 1.27 bits per heavy atom. The fourth-order valence-electron chi connectivity index (χ4n) is 1.95. The van der Waals surface area contributed by atoms with Gasteiger partial charge in [-0.2, -0.15) is 5.10 Å². The lowest BCUT2D eigenvalue weighted by atomic mass is 10.2. The first-order chi connectivity index (χ1) is 10.5. The molecule has 0 radical (unpaired) electrons. The fourth-order valence-corrected chi connectivity index (χ4v) is 3.16. The molecule has 2 aromatic rings. The molecule has 2 rings (SSSR count). The van der Waals surface area contributed by atoms with Gasteiger partial charge < -0.3 is 9.84 Å². The topological polar surface area (TPSA) is 93.5 Å². The lowest BCUT2D eigenvalue weighted by Gasteiger charge is -2.07. The Hall–Kier alpha value is -1.74. The van der Waals surface area contributed by atoms with Gasteiger partial charge in [0.2, 0.25) is 10.0 Å². The Kier molecular flexibility index (Phi) is 5.67. The zero-order valence-electron chi connectivity index (χ0n) is 12.3. The predicted octanol–water partition coefficient (Wildman–Crippen LogP) is 0.374. The first-order valence-corrected chi connectivity index (χ1v) is 8.30. The minimum absolute atomic E-state index is 0.0898. The molecule has 1 aromatic carbocycles. The SMILES string of the molecule is Cn1cc(S(=O)(=O)NCCOCCO)c(-c2ccccc2)n1. The van der Waals surface area contributed by atoms with Gasteiger partial charge in [-0.1, -0.05) is 30.3 Å². The zero-order valence-corrected chi connectivity index (χ0v) is 13.1. The summed E-state index contributed by atoms with van der Waals surface area (Å²) in [5.74, 6) is 0. The third kappa shape index (κ3) is 4.14. The van der Waals surface area contributed by atoms with Crippen molar-refractivity contribution in [2.24, 2.45) is 7.05 Å². The molecule has 0 saturated carbocycles. The van der Waals surface area contributed by atoms with Crippen LogP contribution in [0.5, 0.6) is 0 Å². The summed E-state index contributed by atoms with van der Waals surface area (Å²) >= 11 is 0. The molecular formula is C14H19N3O4S. The van der Waals surface area contributed by atoms with Crippen LogP contribution in [-0.2, 0) is 21.8 Å². The number of hydrogen-bond donors (Lipinski definition) is 2. The van der Waals surface area contributed by atoms with E-state index >= 15 is 0 Å². The molecule has 0 atom stereocenters. The Morgan fingerprint density at radius 2 is 2.00 bits per heavy atom. The van der Waals surface area contributed by atoms with E-state index in [2.05, 4.69) is 9.82 Å². The van der Waals surface area contributed by atoms with E-state index in [0.717, 1.165) is 5.56 Å². The van der Waals surface area contributed by atoms with Crippen LogP contribution in [0.3, 0.4) is 0 Å². The minimum Gasteiger partial charge on any atom is -0.394 e. The number of aliphatic hydroxyl groups is 1. The molecule has 1 aromatic heterocycles. The van der Waals surface area contributed by atoms with E-state index in [4.69, 9.17) is 9.84 Å². The van der Waals surface area contributed by atoms with Crippen LogP contribution in [0.2, 0.25) is 0 Å². The number of nitrogens with zero attached hydrogens (tertiary/aromatic N) is 2. The number of benzene rings is 1. The standard InChI is InChI=1S/C14H19N3O4S/c1-17-11-13(14(16-17)12-5-3-2-4-6-12)22(19,20)15-7-9-21-10-8-18/h2-6,11,15,18H,7-10H2,1H3. The van der Waals surface area contributed by atoms with Gasteiger partial charge in [-0.25, -0.2) is 13.1 Å². The van der Waals surface area contributed by atoms with Gasteiger partial charge in [0.1, 0.15) is 10.6 Å². The predicted molar refractivity (Wildman–Crippen MR) is 81.7 cm³/mol. The van der Waals surface area contributed by atoms with Crippen molar-refractivity contribution in [1.82, 2.24) is 14.5 Å². The van der Waals surface area contributed by atoms with Gasteiger partial charge in [0.05, 0.1) is 19.8 Å². The van der Waals surface area contributed by atoms with E-state index in [-0.39, 0.29) is 31.3 Å². The van der Waals surface area contributed by atoms with Gasteiger partial charge in [-0.05, 0) is 0 Å². The highest BCUT2D eigenvalue weighted by Gasteiger charge is 2.22. The molecule has 0 saturated heterocycles. The highest BCUT2D eigenvalue weighted by Crippen LogP contribution is 2.25. The van der Waals surface area contributed by atoms with Gasteiger partial charge in [-0.15, -0.1) is 0 Å². The molecular weight excluding hydrogens is 306 g/mol. The third-order valence-electron chi connectivity index (χ3n) is 2.91. The maximum absolute atomic E-state index is 12.4. The van der Waals surface area contributed by atoms with Gasteiger partial charge >= 0.3 is 0 Å². The summed E-state index contributed by atoms with van der Waals surface area (Å²) in [6.07, 6.45) is 1.47. The summed E-state index contributed by atoms with van der Waals surface area (Å²) < 4.78 is 33.8. The first kappa shape index (κ1) is 16.6. The molecule has 1 heterocycles. The number of nitrogens with one attached hydrogen (secondary N) is 1. The Bertz CT molecular complexity index is 698. The summed E-state index contributed by atoms with van der Waals surface area (Å²) in [6, 6.07) is 9.14. The van der Waals surface area contributed by atoms with E-state index < -0.39 is 10.0 Å². The summed E-state index contributed by atoms with van der Waals surface area (Å²) in [6.45, 7) is 0.420. The second-order valence-electron chi connectivity index (χ2n) is 4.62. The monoisotopic (exact) mass is 325 g/mol. The number of rotatable bonds is 8. The minimum atomic E-state index is -3.68. The van der Waals surface area contributed by atoms with Crippen LogP contribution >= 0.6 is 0 Å². The molecule has 0 aliphatic carbocycles. The molecule has 0 bridgehead atoms. The van der Waals surface area contributed by atoms with E-state index in [9.17, 15) is 8.42 Å². The van der Waals surface area contributed by atoms with Crippen LogP contribution in [0.25, 0.3) is 11.3 Å². The van der Waals surface area contributed by atoms with E-state index in [1.165, 1.54) is 10.9 Å². The summed E-state index contributed by atoms with van der Waals surface area (Å²) in [5.41, 5.74) is 1.15. The van der Waals surface area contributed by atoms with Crippen LogP contribution in [0.1, 0.15) is 0 Å². The molecule has 0 unspecified atom stereocenters. The summed E-state index contributed by atoms with van der Waals surface area (Å²) in [5, 5.41) is 12.8. The average Bonchev–Trinajstić information content (AvgIpc) is 2.91. The van der Waals surface area contributed by atoms with Crippen LogP contribution in [0.4, 0.5) is 0 Å². The smallest absolute Gasteiger partial charge is 0.244 e. The van der Waals surface area contributed by atoms with Gasteiger partial charge in [0.25, 0.3) is 0 Å². The van der Waals surface area contributed by atoms with Crippen molar-refractivity contribution in [3.63, 3.8) is 0 Å². The average molecular weight is 325 g/mol. The molecule has 120 valence electrons. The third-order valence-corrected chi connectivity index (χ3v) is 4.37. The van der Waals surface area contributed by atoms with Crippen LogP contribution in [0, 0.1) is 0 Å². The zero-order chi connectivity index (χ0) is 16.0. The molecule has 0 aliphatic rings. The van der Waals surface area contributed by atoms with Crippen LogP contribution in [-0.4, -0.2) is 49.7 Å². The van der Waals surface area contributed by atoms with Crippen molar-refractivity contribution in [2.75, 3.05) is 26.4 Å². The Labute approximate surface area is 129 Å². The number of aryl methyl sites for hydroxylation is 1. The van der Waals surface area contributed by atoms with Crippen molar-refractivity contribution in [1.29, 1.82) is 0 Å². The molecule has 22 heavy (non-hydrogen) atoms. The lowest BCUT2D eigenvalue weighted by molar-refractivity contribution is 0.0961. The maximum atomic E-state index is 12.4. The number of sulfonamides is 1. The molecule has 0 aliphatic heterocycles. The molecule has 0 fully saturated rings. The van der Waals surface area contributed by atoms with Crippen LogP contribution < -0.4 is 4.72 Å². The second kappa shape index (κ2) is 7.50. The van der Waals surface area contributed by atoms with Gasteiger partial charge in [0, 0.05) is 25.4 Å². The lowest BCUT2D eigenvalue weighted by Crippen LogP contribution is -2.28. The fraction of sp³-hybridized carbons (Fsp3) is 0.357. The van der Waals surface area contributed by atoms with E-state index in [0.29, 0.717) is 5.69 Å². The number of ether oxygens (including phenoxy) is 1. The number of aromatic nitrogens is 2.